The van der Waals surface area contributed by atoms with E-state index < -0.39 is 0 Å². The zero-order valence-corrected chi connectivity index (χ0v) is 11.1. The number of aromatic nitrogens is 1. The van der Waals surface area contributed by atoms with Crippen molar-refractivity contribution in [2.24, 2.45) is 0 Å². The number of benzene rings is 1. The molecule has 2 rings (SSSR count). The number of hydrogen-bond donors (Lipinski definition) is 1. The second-order valence-corrected chi connectivity index (χ2v) is 4.58. The predicted molar refractivity (Wildman–Crippen MR) is 75.6 cm³/mol. The summed E-state index contributed by atoms with van der Waals surface area (Å²) < 4.78 is 0. The summed E-state index contributed by atoms with van der Waals surface area (Å²) in [5, 5.41) is 3.60. The van der Waals surface area contributed by atoms with E-state index in [-0.39, 0.29) is 6.04 Å². The van der Waals surface area contributed by atoms with Gasteiger partial charge in [-0.05, 0) is 43.1 Å². The van der Waals surface area contributed by atoms with Crippen LogP contribution in [0.3, 0.4) is 0 Å². The van der Waals surface area contributed by atoms with Crippen LogP contribution in [0.1, 0.15) is 36.1 Å². The average Bonchev–Trinajstić information content (AvgIpc) is 2.40. The highest BCUT2D eigenvalue weighted by Crippen LogP contribution is 2.22. The van der Waals surface area contributed by atoms with Crippen LogP contribution in [0.15, 0.2) is 48.8 Å². The van der Waals surface area contributed by atoms with Crippen LogP contribution in [-0.4, -0.2) is 11.5 Å². The molecular weight excluding hydrogens is 220 g/mol. The first-order valence-electron chi connectivity index (χ1n) is 6.51. The fourth-order valence-electron chi connectivity index (χ4n) is 2.12. The smallest absolute Gasteiger partial charge is 0.0577 e. The van der Waals surface area contributed by atoms with Crippen LogP contribution in [0, 0.1) is 6.92 Å². The van der Waals surface area contributed by atoms with E-state index in [1.807, 2.05) is 12.4 Å². The van der Waals surface area contributed by atoms with Crippen molar-refractivity contribution < 1.29 is 0 Å². The van der Waals surface area contributed by atoms with Crippen LogP contribution in [0.5, 0.6) is 0 Å². The molecule has 0 radical (unpaired) electrons. The fraction of sp³-hybridized carbons (Fsp3) is 0.312. The number of nitrogens with zero attached hydrogens (tertiary/aromatic N) is 1. The Kier molecular flexibility index (Phi) is 4.48. The van der Waals surface area contributed by atoms with Gasteiger partial charge in [0.1, 0.15) is 0 Å². The summed E-state index contributed by atoms with van der Waals surface area (Å²) >= 11 is 0. The molecule has 2 aromatic rings. The highest BCUT2D eigenvalue weighted by Gasteiger charge is 2.12. The van der Waals surface area contributed by atoms with Crippen molar-refractivity contribution in [3.8, 4) is 0 Å². The van der Waals surface area contributed by atoms with Gasteiger partial charge >= 0.3 is 0 Å². The lowest BCUT2D eigenvalue weighted by molar-refractivity contribution is 0.598. The van der Waals surface area contributed by atoms with Crippen molar-refractivity contribution in [2.45, 2.75) is 26.3 Å². The number of hydrogen-bond acceptors (Lipinski definition) is 2. The predicted octanol–water partition coefficient (Wildman–Crippen LogP) is 3.48. The van der Waals surface area contributed by atoms with Crippen molar-refractivity contribution in [1.29, 1.82) is 0 Å². The molecule has 1 aromatic carbocycles. The Bertz CT molecular complexity index is 479. The molecule has 1 N–H and O–H groups in total. The second-order valence-electron chi connectivity index (χ2n) is 4.58. The Morgan fingerprint density at radius 3 is 2.56 bits per heavy atom. The fourth-order valence-corrected chi connectivity index (χ4v) is 2.12. The normalized spacial score (nSPS) is 12.3. The van der Waals surface area contributed by atoms with Crippen molar-refractivity contribution in [3.63, 3.8) is 0 Å². The third kappa shape index (κ3) is 3.17. The topological polar surface area (TPSA) is 24.9 Å². The molecule has 0 amide bonds. The number of aryl methyl sites for hydroxylation is 1. The minimum absolute atomic E-state index is 0.257. The maximum atomic E-state index is 4.09. The van der Waals surface area contributed by atoms with Crippen LogP contribution >= 0.6 is 0 Å². The molecular formula is C16H20N2. The zero-order valence-electron chi connectivity index (χ0n) is 11.1. The van der Waals surface area contributed by atoms with Gasteiger partial charge in [-0.2, -0.15) is 0 Å². The van der Waals surface area contributed by atoms with Crippen molar-refractivity contribution in [2.75, 3.05) is 6.54 Å². The van der Waals surface area contributed by atoms with Gasteiger partial charge in [0.15, 0.2) is 0 Å². The van der Waals surface area contributed by atoms with E-state index >= 15 is 0 Å². The summed E-state index contributed by atoms with van der Waals surface area (Å²) in [5.74, 6) is 0. The van der Waals surface area contributed by atoms with E-state index in [0.717, 1.165) is 13.0 Å². The molecule has 2 heteroatoms. The summed E-state index contributed by atoms with van der Waals surface area (Å²) in [6.45, 7) is 5.33. The Morgan fingerprint density at radius 1 is 1.11 bits per heavy atom. The van der Waals surface area contributed by atoms with Crippen molar-refractivity contribution >= 4 is 0 Å². The van der Waals surface area contributed by atoms with Gasteiger partial charge in [-0.3, -0.25) is 4.98 Å². The minimum Gasteiger partial charge on any atom is -0.306 e. The second kappa shape index (κ2) is 6.31. The van der Waals surface area contributed by atoms with Gasteiger partial charge in [0, 0.05) is 12.4 Å². The van der Waals surface area contributed by atoms with Crippen LogP contribution in [0.2, 0.25) is 0 Å². The van der Waals surface area contributed by atoms with Gasteiger partial charge in [0.2, 0.25) is 0 Å². The number of pyridine rings is 1. The first kappa shape index (κ1) is 12.8. The Labute approximate surface area is 109 Å². The molecule has 0 aliphatic rings. The summed E-state index contributed by atoms with van der Waals surface area (Å²) in [5.41, 5.74) is 3.88. The van der Waals surface area contributed by atoms with E-state index in [2.05, 4.69) is 60.5 Å². The van der Waals surface area contributed by atoms with Crippen molar-refractivity contribution in [3.05, 3.63) is 65.5 Å². The highest BCUT2D eigenvalue weighted by molar-refractivity contribution is 5.33. The molecule has 0 spiro atoms. The maximum absolute atomic E-state index is 4.09. The molecule has 0 aliphatic heterocycles. The third-order valence-electron chi connectivity index (χ3n) is 3.01. The maximum Gasteiger partial charge on any atom is 0.0577 e. The molecule has 1 unspecified atom stereocenters. The minimum atomic E-state index is 0.257. The van der Waals surface area contributed by atoms with E-state index in [9.17, 15) is 0 Å². The van der Waals surface area contributed by atoms with E-state index in [4.69, 9.17) is 0 Å². The van der Waals surface area contributed by atoms with E-state index in [1.165, 1.54) is 16.7 Å². The lowest BCUT2D eigenvalue weighted by Crippen LogP contribution is -2.23. The monoisotopic (exact) mass is 240 g/mol. The van der Waals surface area contributed by atoms with Gasteiger partial charge in [0.25, 0.3) is 0 Å². The van der Waals surface area contributed by atoms with Gasteiger partial charge in [-0.1, -0.05) is 36.8 Å². The molecule has 0 aliphatic carbocycles. The number of rotatable bonds is 5. The Morgan fingerprint density at radius 2 is 1.89 bits per heavy atom. The molecule has 0 saturated heterocycles. The number of nitrogens with one attached hydrogen (secondary N) is 1. The first-order chi connectivity index (χ1) is 8.81. The van der Waals surface area contributed by atoms with Gasteiger partial charge < -0.3 is 5.32 Å². The summed E-state index contributed by atoms with van der Waals surface area (Å²) in [7, 11) is 0. The third-order valence-corrected chi connectivity index (χ3v) is 3.01. The van der Waals surface area contributed by atoms with E-state index in [1.54, 1.807) is 0 Å². The average molecular weight is 240 g/mol. The van der Waals surface area contributed by atoms with Crippen LogP contribution in [-0.2, 0) is 0 Å². The molecule has 18 heavy (non-hydrogen) atoms. The molecule has 94 valence electrons. The summed E-state index contributed by atoms with van der Waals surface area (Å²) in [6, 6.07) is 13.1. The molecule has 1 atom stereocenters. The molecule has 0 fully saturated rings. The molecule has 0 bridgehead atoms. The largest absolute Gasteiger partial charge is 0.306 e. The molecule has 1 heterocycles. The highest BCUT2D eigenvalue weighted by atomic mass is 14.9. The summed E-state index contributed by atoms with van der Waals surface area (Å²) in [6.07, 6.45) is 4.84. The lowest BCUT2D eigenvalue weighted by atomic mass is 9.98. The van der Waals surface area contributed by atoms with E-state index in [0.29, 0.717) is 0 Å². The lowest BCUT2D eigenvalue weighted by Gasteiger charge is -2.19. The van der Waals surface area contributed by atoms with Gasteiger partial charge in [-0.25, -0.2) is 0 Å². The molecule has 0 saturated carbocycles. The molecule has 1 aromatic heterocycles. The first-order valence-corrected chi connectivity index (χ1v) is 6.51. The summed E-state index contributed by atoms with van der Waals surface area (Å²) in [4.78, 5) is 4.09. The Balaban J connectivity index is 2.31. The van der Waals surface area contributed by atoms with Gasteiger partial charge in [-0.15, -0.1) is 0 Å². The Hall–Kier alpha value is -1.67. The van der Waals surface area contributed by atoms with Crippen LogP contribution in [0.4, 0.5) is 0 Å². The zero-order chi connectivity index (χ0) is 12.8. The SMILES string of the molecule is CCCNC(c1ccncc1)c1cccc(C)c1. The van der Waals surface area contributed by atoms with Crippen molar-refractivity contribution in [1.82, 2.24) is 10.3 Å². The standard InChI is InChI=1S/C16H20N2/c1-3-9-18-16(14-7-10-17-11-8-14)15-6-4-5-13(2)12-15/h4-8,10-12,16,18H,3,9H2,1-2H3. The quantitative estimate of drug-likeness (QED) is 0.865. The molecule has 2 nitrogen and oxygen atoms in total. The van der Waals surface area contributed by atoms with Crippen LogP contribution in [0.25, 0.3) is 0 Å². The van der Waals surface area contributed by atoms with Crippen LogP contribution < -0.4 is 5.32 Å². The van der Waals surface area contributed by atoms with Gasteiger partial charge in [0.05, 0.1) is 6.04 Å².